The maximum absolute atomic E-state index is 12.5. The zero-order chi connectivity index (χ0) is 25.8. The largest absolute Gasteiger partial charge is 0.481 e. The zero-order valence-corrected chi connectivity index (χ0v) is 22.0. The molecule has 0 N–H and O–H groups in total. The lowest BCUT2D eigenvalue weighted by molar-refractivity contribution is -0.157. The summed E-state index contributed by atoms with van der Waals surface area (Å²) in [5.41, 5.74) is 1.52. The summed E-state index contributed by atoms with van der Waals surface area (Å²) in [4.78, 5) is 12.2. The molecule has 3 aromatic carbocycles. The Morgan fingerprint density at radius 3 is 2.31 bits per heavy atom. The van der Waals surface area contributed by atoms with Gasteiger partial charge in [-0.05, 0) is 68.8 Å². The van der Waals surface area contributed by atoms with Crippen LogP contribution in [0, 0.1) is 11.8 Å². The number of sulfone groups is 1. The van der Waals surface area contributed by atoms with Crippen LogP contribution in [0.2, 0.25) is 10.0 Å². The second-order valence-electron chi connectivity index (χ2n) is 8.76. The summed E-state index contributed by atoms with van der Waals surface area (Å²) in [5, 5.41) is 0.942. The highest BCUT2D eigenvalue weighted by Gasteiger charge is 2.18. The van der Waals surface area contributed by atoms with Crippen LogP contribution in [0.3, 0.4) is 0 Å². The Labute approximate surface area is 215 Å². The molecule has 0 spiro atoms. The molecular formula is C27H24Cl2O5S. The summed E-state index contributed by atoms with van der Waals surface area (Å²) >= 11 is 12.2. The third-order valence-corrected chi connectivity index (χ3v) is 6.17. The summed E-state index contributed by atoms with van der Waals surface area (Å²) < 4.78 is 35.9. The van der Waals surface area contributed by atoms with Gasteiger partial charge in [0, 0.05) is 27.4 Å². The topological polar surface area (TPSA) is 69.7 Å². The fourth-order valence-corrected chi connectivity index (χ4v) is 4.46. The maximum atomic E-state index is 12.5. The highest BCUT2D eigenvalue weighted by atomic mass is 35.5. The van der Waals surface area contributed by atoms with Gasteiger partial charge in [-0.25, -0.2) is 13.2 Å². The van der Waals surface area contributed by atoms with E-state index in [4.69, 9.17) is 32.7 Å². The first-order valence-electron chi connectivity index (χ1n) is 10.6. The molecule has 3 rings (SSSR count). The van der Waals surface area contributed by atoms with Crippen molar-refractivity contribution in [1.82, 2.24) is 0 Å². The minimum absolute atomic E-state index is 0.138. The van der Waals surface area contributed by atoms with Crippen LogP contribution in [-0.2, 0) is 19.4 Å². The number of hydrogen-bond acceptors (Lipinski definition) is 5. The van der Waals surface area contributed by atoms with Crippen LogP contribution in [0.25, 0.3) is 11.1 Å². The van der Waals surface area contributed by atoms with Crippen molar-refractivity contribution in [3.05, 3.63) is 81.8 Å². The number of hydrogen-bond donors (Lipinski definition) is 0. The minimum atomic E-state index is -3.56. The fourth-order valence-electron chi connectivity index (χ4n) is 3.17. The molecule has 0 amide bonds. The standard InChI is InChI=1S/C27H24Cl2O5S/c1-27(2,3)34-26(30)17-33-24-13-11-22(29)16-20(24)10-8-18-9-12-23(25(14-18)35(4,31)32)19-6-5-7-21(28)15-19/h5-7,9,11-16H,17H2,1-4H3. The van der Waals surface area contributed by atoms with Gasteiger partial charge in [0.1, 0.15) is 11.4 Å². The molecule has 0 unspecified atom stereocenters. The van der Waals surface area contributed by atoms with Crippen LogP contribution in [0.4, 0.5) is 0 Å². The number of carbonyl (C=O) groups excluding carboxylic acids is 1. The molecule has 8 heteroatoms. The predicted molar refractivity (Wildman–Crippen MR) is 139 cm³/mol. The van der Waals surface area contributed by atoms with E-state index in [1.54, 1.807) is 75.4 Å². The lowest BCUT2D eigenvalue weighted by Crippen LogP contribution is -2.27. The SMILES string of the molecule is CC(C)(C)OC(=O)COc1ccc(Cl)cc1C#Cc1ccc(-c2cccc(Cl)c2)c(S(C)(=O)=O)c1. The molecule has 0 radical (unpaired) electrons. The van der Waals surface area contributed by atoms with Crippen molar-refractivity contribution in [3.63, 3.8) is 0 Å². The van der Waals surface area contributed by atoms with E-state index in [-0.39, 0.29) is 11.5 Å². The Balaban J connectivity index is 1.94. The molecule has 3 aromatic rings. The van der Waals surface area contributed by atoms with Gasteiger partial charge in [-0.1, -0.05) is 53.2 Å². The third kappa shape index (κ3) is 7.76. The predicted octanol–water partition coefficient (Wildman–Crippen LogP) is 6.18. The van der Waals surface area contributed by atoms with E-state index in [0.29, 0.717) is 38.0 Å². The lowest BCUT2D eigenvalue weighted by Gasteiger charge is -2.19. The van der Waals surface area contributed by atoms with Crippen LogP contribution in [-0.4, -0.2) is 32.9 Å². The van der Waals surface area contributed by atoms with Crippen LogP contribution in [0.1, 0.15) is 31.9 Å². The van der Waals surface area contributed by atoms with E-state index in [1.807, 2.05) is 0 Å². The summed E-state index contributed by atoms with van der Waals surface area (Å²) in [6.07, 6.45) is 1.15. The molecule has 182 valence electrons. The van der Waals surface area contributed by atoms with Crippen molar-refractivity contribution in [2.75, 3.05) is 12.9 Å². The smallest absolute Gasteiger partial charge is 0.344 e. The first-order chi connectivity index (χ1) is 16.3. The number of ether oxygens (including phenoxy) is 2. The first-order valence-corrected chi connectivity index (χ1v) is 13.2. The molecule has 0 atom stereocenters. The average molecular weight is 531 g/mol. The Kier molecular flexibility index (Phi) is 8.17. The van der Waals surface area contributed by atoms with E-state index >= 15 is 0 Å². The van der Waals surface area contributed by atoms with Crippen molar-refractivity contribution >= 4 is 39.0 Å². The molecule has 0 saturated heterocycles. The molecule has 0 saturated carbocycles. The van der Waals surface area contributed by atoms with Crippen molar-refractivity contribution in [3.8, 4) is 28.7 Å². The normalized spacial score (nSPS) is 11.4. The second kappa shape index (κ2) is 10.7. The Morgan fingerprint density at radius 1 is 0.943 bits per heavy atom. The molecule has 0 aliphatic carbocycles. The highest BCUT2D eigenvalue weighted by molar-refractivity contribution is 7.90. The quantitative estimate of drug-likeness (QED) is 0.290. The molecule has 35 heavy (non-hydrogen) atoms. The first kappa shape index (κ1) is 26.6. The van der Waals surface area contributed by atoms with E-state index in [2.05, 4.69) is 11.8 Å². The molecule has 0 fully saturated rings. The van der Waals surface area contributed by atoms with Gasteiger partial charge >= 0.3 is 5.97 Å². The van der Waals surface area contributed by atoms with Crippen molar-refractivity contribution in [1.29, 1.82) is 0 Å². The molecule has 0 bridgehead atoms. The van der Waals surface area contributed by atoms with E-state index in [9.17, 15) is 13.2 Å². The van der Waals surface area contributed by atoms with Gasteiger partial charge in [0.15, 0.2) is 16.4 Å². The van der Waals surface area contributed by atoms with Gasteiger partial charge in [0.25, 0.3) is 0 Å². The minimum Gasteiger partial charge on any atom is -0.481 e. The Hall–Kier alpha value is -2.98. The Morgan fingerprint density at radius 2 is 1.66 bits per heavy atom. The molecule has 0 aromatic heterocycles. The molecular weight excluding hydrogens is 507 g/mol. The molecule has 0 heterocycles. The monoisotopic (exact) mass is 530 g/mol. The van der Waals surface area contributed by atoms with Gasteiger partial charge in [-0.3, -0.25) is 0 Å². The number of carbonyl (C=O) groups is 1. The van der Waals surface area contributed by atoms with Gasteiger partial charge in [-0.15, -0.1) is 0 Å². The van der Waals surface area contributed by atoms with Gasteiger partial charge in [0.05, 0.1) is 10.5 Å². The Bertz CT molecular complexity index is 1430. The van der Waals surface area contributed by atoms with Gasteiger partial charge in [0.2, 0.25) is 0 Å². The average Bonchev–Trinajstić information content (AvgIpc) is 2.75. The van der Waals surface area contributed by atoms with Crippen molar-refractivity contribution in [2.45, 2.75) is 31.3 Å². The van der Waals surface area contributed by atoms with Crippen LogP contribution in [0.5, 0.6) is 5.75 Å². The van der Waals surface area contributed by atoms with Crippen LogP contribution >= 0.6 is 23.2 Å². The fraction of sp³-hybridized carbons (Fsp3) is 0.222. The second-order valence-corrected chi connectivity index (χ2v) is 11.6. The van der Waals surface area contributed by atoms with Gasteiger partial charge < -0.3 is 9.47 Å². The number of halogens is 2. The zero-order valence-electron chi connectivity index (χ0n) is 19.7. The van der Waals surface area contributed by atoms with Crippen molar-refractivity contribution < 1.29 is 22.7 Å². The van der Waals surface area contributed by atoms with E-state index < -0.39 is 21.4 Å². The van der Waals surface area contributed by atoms with Crippen LogP contribution < -0.4 is 4.74 Å². The maximum Gasteiger partial charge on any atom is 0.344 e. The number of rotatable bonds is 5. The molecule has 5 nitrogen and oxygen atoms in total. The van der Waals surface area contributed by atoms with Gasteiger partial charge in [-0.2, -0.15) is 0 Å². The summed E-state index contributed by atoms with van der Waals surface area (Å²) in [7, 11) is -3.56. The van der Waals surface area contributed by atoms with Crippen LogP contribution in [0.15, 0.2) is 65.6 Å². The third-order valence-electron chi connectivity index (χ3n) is 4.57. The van der Waals surface area contributed by atoms with Crippen molar-refractivity contribution in [2.24, 2.45) is 0 Å². The lowest BCUT2D eigenvalue weighted by atomic mass is 10.0. The summed E-state index contributed by atoms with van der Waals surface area (Å²) in [5.74, 6) is 5.76. The highest BCUT2D eigenvalue weighted by Crippen LogP contribution is 2.30. The van der Waals surface area contributed by atoms with E-state index in [0.717, 1.165) is 6.26 Å². The number of benzene rings is 3. The summed E-state index contributed by atoms with van der Waals surface area (Å²) in [6, 6.07) is 16.8. The van der Waals surface area contributed by atoms with E-state index in [1.165, 1.54) is 6.07 Å². The molecule has 0 aliphatic heterocycles. The number of esters is 1. The molecule has 0 aliphatic rings. The summed E-state index contributed by atoms with van der Waals surface area (Å²) in [6.45, 7) is 5.02.